The number of amides is 1. The van der Waals surface area contributed by atoms with E-state index in [4.69, 9.17) is 5.73 Å². The number of likely N-dealkylation sites (tertiary alicyclic amines) is 1. The predicted molar refractivity (Wildman–Crippen MR) is 64.1 cm³/mol. The molecule has 0 saturated carbocycles. The molecule has 1 unspecified atom stereocenters. The van der Waals surface area contributed by atoms with Crippen molar-refractivity contribution in [2.24, 2.45) is 5.73 Å². The summed E-state index contributed by atoms with van der Waals surface area (Å²) in [6.45, 7) is 0.418. The summed E-state index contributed by atoms with van der Waals surface area (Å²) < 4.78 is 38.5. The Hall–Kier alpha value is -1.56. The van der Waals surface area contributed by atoms with Gasteiger partial charge in [-0.25, -0.2) is 0 Å². The zero-order valence-corrected chi connectivity index (χ0v) is 10.3. The lowest BCUT2D eigenvalue weighted by atomic mass is 10.0. The molecule has 19 heavy (non-hydrogen) atoms. The third-order valence-corrected chi connectivity index (χ3v) is 3.26. The summed E-state index contributed by atoms with van der Waals surface area (Å²) in [6.07, 6.45) is -3.09. The molecule has 1 aliphatic rings. The minimum Gasteiger partial charge on any atom is -0.337 e. The molecule has 2 N–H and O–H groups in total. The second-order valence-electron chi connectivity index (χ2n) is 4.66. The van der Waals surface area contributed by atoms with Gasteiger partial charge in [0.15, 0.2) is 0 Å². The van der Waals surface area contributed by atoms with Gasteiger partial charge in [0.1, 0.15) is 0 Å². The molecule has 0 aliphatic carbocycles. The average molecular weight is 272 g/mol. The lowest BCUT2D eigenvalue weighted by Gasteiger charge is -2.31. The number of carbonyl (C=O) groups is 1. The zero-order chi connectivity index (χ0) is 14.0. The highest BCUT2D eigenvalue weighted by Crippen LogP contribution is 2.32. The topological polar surface area (TPSA) is 46.3 Å². The fraction of sp³-hybridized carbons (Fsp3) is 0.462. The molecule has 2 rings (SSSR count). The summed E-state index contributed by atoms with van der Waals surface area (Å²) in [5, 5.41) is 0. The van der Waals surface area contributed by atoms with E-state index in [1.165, 1.54) is 17.0 Å². The number of halogens is 3. The van der Waals surface area contributed by atoms with Crippen molar-refractivity contribution in [3.8, 4) is 0 Å². The van der Waals surface area contributed by atoms with Crippen molar-refractivity contribution >= 4 is 5.91 Å². The SMILES string of the molecule is NC1CCCN(Cc2ccccc2C(F)(F)F)C1=O. The molecule has 1 amide bonds. The van der Waals surface area contributed by atoms with Crippen LogP contribution in [0.3, 0.4) is 0 Å². The second-order valence-corrected chi connectivity index (χ2v) is 4.66. The second kappa shape index (κ2) is 5.21. The van der Waals surface area contributed by atoms with Gasteiger partial charge in [-0.3, -0.25) is 4.79 Å². The molecule has 1 aromatic rings. The van der Waals surface area contributed by atoms with E-state index in [0.29, 0.717) is 13.0 Å². The molecule has 0 bridgehead atoms. The third kappa shape index (κ3) is 3.07. The Labute approximate surface area is 109 Å². The highest BCUT2D eigenvalue weighted by Gasteiger charge is 2.34. The van der Waals surface area contributed by atoms with Gasteiger partial charge in [-0.15, -0.1) is 0 Å². The Morgan fingerprint density at radius 1 is 1.32 bits per heavy atom. The number of alkyl halides is 3. The Morgan fingerprint density at radius 3 is 2.68 bits per heavy atom. The van der Waals surface area contributed by atoms with Crippen LogP contribution in [0.25, 0.3) is 0 Å². The Kier molecular flexibility index (Phi) is 3.80. The first-order valence-electron chi connectivity index (χ1n) is 6.09. The van der Waals surface area contributed by atoms with Crippen LogP contribution in [0.15, 0.2) is 24.3 Å². The van der Waals surface area contributed by atoms with E-state index in [0.717, 1.165) is 12.5 Å². The maximum absolute atomic E-state index is 12.8. The number of nitrogens with two attached hydrogens (primary N) is 1. The number of benzene rings is 1. The van der Waals surface area contributed by atoms with Crippen LogP contribution >= 0.6 is 0 Å². The fourth-order valence-corrected chi connectivity index (χ4v) is 2.27. The Bertz CT molecular complexity index is 473. The van der Waals surface area contributed by atoms with Crippen LogP contribution in [-0.4, -0.2) is 23.4 Å². The van der Waals surface area contributed by atoms with Crippen molar-refractivity contribution in [1.29, 1.82) is 0 Å². The molecule has 0 radical (unpaired) electrons. The van der Waals surface area contributed by atoms with Crippen LogP contribution in [-0.2, 0) is 17.5 Å². The summed E-state index contributed by atoms with van der Waals surface area (Å²) in [4.78, 5) is 13.2. The molecule has 3 nitrogen and oxygen atoms in total. The first-order chi connectivity index (χ1) is 8.89. The van der Waals surface area contributed by atoms with Gasteiger partial charge in [-0.2, -0.15) is 13.2 Å². The number of nitrogens with zero attached hydrogens (tertiary/aromatic N) is 1. The molecule has 0 aromatic heterocycles. The van der Waals surface area contributed by atoms with E-state index in [9.17, 15) is 18.0 Å². The van der Waals surface area contributed by atoms with E-state index in [2.05, 4.69) is 0 Å². The number of carbonyl (C=O) groups excluding carboxylic acids is 1. The van der Waals surface area contributed by atoms with Gasteiger partial charge < -0.3 is 10.6 Å². The van der Waals surface area contributed by atoms with Gasteiger partial charge in [0.25, 0.3) is 0 Å². The van der Waals surface area contributed by atoms with Gasteiger partial charge >= 0.3 is 6.18 Å². The minimum atomic E-state index is -4.41. The van der Waals surface area contributed by atoms with E-state index >= 15 is 0 Å². The highest BCUT2D eigenvalue weighted by atomic mass is 19.4. The molecular weight excluding hydrogens is 257 g/mol. The van der Waals surface area contributed by atoms with Gasteiger partial charge in [0.2, 0.25) is 5.91 Å². The van der Waals surface area contributed by atoms with Crippen molar-refractivity contribution in [3.05, 3.63) is 35.4 Å². The summed E-state index contributed by atoms with van der Waals surface area (Å²) in [5.74, 6) is -0.275. The summed E-state index contributed by atoms with van der Waals surface area (Å²) in [6, 6.07) is 4.72. The summed E-state index contributed by atoms with van der Waals surface area (Å²) >= 11 is 0. The van der Waals surface area contributed by atoms with Gasteiger partial charge in [0, 0.05) is 13.1 Å². The molecule has 1 aliphatic heterocycles. The quantitative estimate of drug-likeness (QED) is 0.896. The maximum Gasteiger partial charge on any atom is 0.416 e. The third-order valence-electron chi connectivity index (χ3n) is 3.26. The van der Waals surface area contributed by atoms with E-state index in [1.807, 2.05) is 0 Å². The lowest BCUT2D eigenvalue weighted by molar-refractivity contribution is -0.141. The van der Waals surface area contributed by atoms with Crippen molar-refractivity contribution < 1.29 is 18.0 Å². The average Bonchev–Trinajstić information content (AvgIpc) is 2.34. The van der Waals surface area contributed by atoms with Crippen molar-refractivity contribution in [3.63, 3.8) is 0 Å². The lowest BCUT2D eigenvalue weighted by Crippen LogP contribution is -2.47. The number of hydrogen-bond donors (Lipinski definition) is 1. The standard InChI is InChI=1S/C13H15F3N2O/c14-13(15,16)10-5-2-1-4-9(10)8-18-7-3-6-11(17)12(18)19/h1-2,4-5,11H,3,6-8,17H2. The number of rotatable bonds is 2. The highest BCUT2D eigenvalue weighted by molar-refractivity contribution is 5.82. The minimum absolute atomic E-state index is 0.0395. The largest absolute Gasteiger partial charge is 0.416 e. The first kappa shape index (κ1) is 13.9. The zero-order valence-electron chi connectivity index (χ0n) is 10.3. The first-order valence-corrected chi connectivity index (χ1v) is 6.09. The molecule has 1 fully saturated rings. The summed E-state index contributed by atoms with van der Waals surface area (Å²) in [7, 11) is 0. The molecule has 1 saturated heterocycles. The molecule has 1 heterocycles. The van der Waals surface area contributed by atoms with Crippen LogP contribution in [0.1, 0.15) is 24.0 Å². The smallest absolute Gasteiger partial charge is 0.337 e. The van der Waals surface area contributed by atoms with Crippen LogP contribution in [0.2, 0.25) is 0 Å². The van der Waals surface area contributed by atoms with Gasteiger partial charge in [-0.1, -0.05) is 18.2 Å². The Balaban J connectivity index is 2.22. The van der Waals surface area contributed by atoms with Crippen LogP contribution in [0, 0.1) is 0 Å². The fourth-order valence-electron chi connectivity index (χ4n) is 2.27. The molecule has 0 spiro atoms. The molecule has 1 aromatic carbocycles. The predicted octanol–water partition coefficient (Wildman–Crippen LogP) is 2.16. The van der Waals surface area contributed by atoms with E-state index < -0.39 is 17.8 Å². The van der Waals surface area contributed by atoms with Gasteiger partial charge in [0.05, 0.1) is 11.6 Å². The van der Waals surface area contributed by atoms with Gasteiger partial charge in [-0.05, 0) is 24.5 Å². The van der Waals surface area contributed by atoms with Crippen LogP contribution in [0.5, 0.6) is 0 Å². The van der Waals surface area contributed by atoms with Crippen molar-refractivity contribution in [2.45, 2.75) is 31.6 Å². The van der Waals surface area contributed by atoms with Crippen LogP contribution < -0.4 is 5.73 Å². The van der Waals surface area contributed by atoms with E-state index in [1.54, 1.807) is 6.07 Å². The maximum atomic E-state index is 12.8. The molecule has 104 valence electrons. The molecule has 1 atom stereocenters. The van der Waals surface area contributed by atoms with Crippen molar-refractivity contribution in [2.75, 3.05) is 6.54 Å². The normalized spacial score (nSPS) is 20.7. The van der Waals surface area contributed by atoms with Crippen LogP contribution in [0.4, 0.5) is 13.2 Å². The van der Waals surface area contributed by atoms with Crippen molar-refractivity contribution in [1.82, 2.24) is 4.90 Å². The Morgan fingerprint density at radius 2 is 2.00 bits per heavy atom. The molecule has 6 heteroatoms. The summed E-state index contributed by atoms with van der Waals surface area (Å²) in [5.41, 5.74) is 5.05. The molecular formula is C13H15F3N2O. The van der Waals surface area contributed by atoms with E-state index in [-0.39, 0.29) is 18.0 Å². The number of piperidine rings is 1. The monoisotopic (exact) mass is 272 g/mol. The number of hydrogen-bond acceptors (Lipinski definition) is 2.